The zero-order valence-corrected chi connectivity index (χ0v) is 15.7. The summed E-state index contributed by atoms with van der Waals surface area (Å²) in [5.41, 5.74) is 2.88. The molecule has 3 rings (SSSR count). The highest BCUT2D eigenvalue weighted by Crippen LogP contribution is 2.19. The Hall–Kier alpha value is -2.38. The Kier molecular flexibility index (Phi) is 5.29. The molecule has 0 radical (unpaired) electrons. The van der Waals surface area contributed by atoms with E-state index in [2.05, 4.69) is 15.4 Å². The Morgan fingerprint density at radius 2 is 1.81 bits per heavy atom. The molecule has 0 aromatic heterocycles. The predicted molar refractivity (Wildman–Crippen MR) is 102 cm³/mol. The van der Waals surface area contributed by atoms with Gasteiger partial charge in [0.15, 0.2) is 0 Å². The maximum absolute atomic E-state index is 12.5. The highest BCUT2D eigenvalue weighted by Gasteiger charge is 2.18. The first-order valence-electron chi connectivity index (χ1n) is 8.57. The third-order valence-corrected chi connectivity index (χ3v) is 5.96. The molecule has 0 bridgehead atoms. The Labute approximate surface area is 154 Å². The molecule has 1 amide bonds. The van der Waals surface area contributed by atoms with Crippen LogP contribution < -0.4 is 15.4 Å². The summed E-state index contributed by atoms with van der Waals surface area (Å²) in [5, 5.41) is 6.16. The minimum absolute atomic E-state index is 0.144. The second-order valence-electron chi connectivity index (χ2n) is 6.59. The van der Waals surface area contributed by atoms with Gasteiger partial charge in [-0.05, 0) is 74.3 Å². The van der Waals surface area contributed by atoms with Gasteiger partial charge in [0.25, 0.3) is 15.9 Å². The van der Waals surface area contributed by atoms with Crippen LogP contribution in [0, 0.1) is 13.8 Å². The molecule has 1 aliphatic rings. The quantitative estimate of drug-likeness (QED) is 0.750. The van der Waals surface area contributed by atoms with Crippen LogP contribution >= 0.6 is 0 Å². The van der Waals surface area contributed by atoms with Crippen molar-refractivity contribution in [3.8, 4) is 0 Å². The van der Waals surface area contributed by atoms with Crippen molar-refractivity contribution in [2.45, 2.75) is 31.2 Å². The first-order valence-corrected chi connectivity index (χ1v) is 10.1. The molecule has 3 N–H and O–H groups in total. The van der Waals surface area contributed by atoms with E-state index in [9.17, 15) is 13.2 Å². The van der Waals surface area contributed by atoms with Crippen LogP contribution in [-0.4, -0.2) is 33.5 Å². The molecule has 7 heteroatoms. The second-order valence-corrected chi connectivity index (χ2v) is 8.27. The molecular formula is C19H23N3O3S. The first-order chi connectivity index (χ1) is 12.3. The fourth-order valence-electron chi connectivity index (χ4n) is 2.83. The monoisotopic (exact) mass is 373 g/mol. The van der Waals surface area contributed by atoms with Crippen molar-refractivity contribution in [2.75, 3.05) is 17.8 Å². The van der Waals surface area contributed by atoms with Gasteiger partial charge in [0.2, 0.25) is 0 Å². The number of benzene rings is 2. The van der Waals surface area contributed by atoms with Gasteiger partial charge in [-0.25, -0.2) is 8.42 Å². The van der Waals surface area contributed by atoms with E-state index >= 15 is 0 Å². The number of anilines is 1. The topological polar surface area (TPSA) is 87.3 Å². The molecule has 26 heavy (non-hydrogen) atoms. The van der Waals surface area contributed by atoms with Crippen LogP contribution in [0.2, 0.25) is 0 Å². The van der Waals surface area contributed by atoms with Crippen molar-refractivity contribution < 1.29 is 13.2 Å². The molecule has 0 aliphatic carbocycles. The lowest BCUT2D eigenvalue weighted by molar-refractivity contribution is 0.0940. The third kappa shape index (κ3) is 4.23. The highest BCUT2D eigenvalue weighted by atomic mass is 32.2. The minimum Gasteiger partial charge on any atom is -0.348 e. The molecule has 6 nitrogen and oxygen atoms in total. The lowest BCUT2D eigenvalue weighted by atomic mass is 10.1. The molecule has 1 heterocycles. The lowest BCUT2D eigenvalue weighted by Crippen LogP contribution is -2.36. The average Bonchev–Trinajstić information content (AvgIpc) is 3.10. The molecule has 1 aliphatic heterocycles. The summed E-state index contributed by atoms with van der Waals surface area (Å²) in [4.78, 5) is 12.4. The van der Waals surface area contributed by atoms with Gasteiger partial charge >= 0.3 is 0 Å². The maximum Gasteiger partial charge on any atom is 0.261 e. The normalized spacial score (nSPS) is 17.1. The average molecular weight is 373 g/mol. The molecule has 1 saturated heterocycles. The van der Waals surface area contributed by atoms with E-state index in [4.69, 9.17) is 0 Å². The van der Waals surface area contributed by atoms with Crippen LogP contribution in [0.1, 0.15) is 27.9 Å². The van der Waals surface area contributed by atoms with Crippen molar-refractivity contribution in [2.24, 2.45) is 0 Å². The smallest absolute Gasteiger partial charge is 0.261 e. The van der Waals surface area contributed by atoms with Gasteiger partial charge in [-0.3, -0.25) is 9.52 Å². The van der Waals surface area contributed by atoms with Crippen molar-refractivity contribution in [3.05, 3.63) is 59.2 Å². The molecular weight excluding hydrogens is 350 g/mol. The number of amides is 1. The van der Waals surface area contributed by atoms with Gasteiger partial charge in [-0.15, -0.1) is 0 Å². The van der Waals surface area contributed by atoms with Crippen LogP contribution in [0.4, 0.5) is 5.69 Å². The Bertz CT molecular complexity index is 902. The van der Waals surface area contributed by atoms with Crippen LogP contribution in [-0.2, 0) is 10.0 Å². The third-order valence-electron chi connectivity index (χ3n) is 4.58. The standard InChI is InChI=1S/C19H23N3O3S/c1-13-3-8-18(11-14(13)2)26(24,25)22-16-6-4-15(5-7-16)19(23)21-17-9-10-20-12-17/h3-8,11,17,20,22H,9-10,12H2,1-2H3,(H,21,23). The van der Waals surface area contributed by atoms with Gasteiger partial charge < -0.3 is 10.6 Å². The molecule has 1 fully saturated rings. The van der Waals surface area contributed by atoms with Crippen LogP contribution in [0.3, 0.4) is 0 Å². The van der Waals surface area contributed by atoms with E-state index in [0.29, 0.717) is 11.3 Å². The fourth-order valence-corrected chi connectivity index (χ4v) is 3.97. The van der Waals surface area contributed by atoms with Gasteiger partial charge in [-0.1, -0.05) is 6.07 Å². The van der Waals surface area contributed by atoms with Crippen molar-refractivity contribution in [3.63, 3.8) is 0 Å². The minimum atomic E-state index is -3.66. The van der Waals surface area contributed by atoms with Crippen LogP contribution in [0.15, 0.2) is 47.4 Å². The number of hydrogen-bond acceptors (Lipinski definition) is 4. The van der Waals surface area contributed by atoms with Crippen molar-refractivity contribution in [1.29, 1.82) is 0 Å². The number of carbonyl (C=O) groups is 1. The second kappa shape index (κ2) is 7.47. The number of sulfonamides is 1. The van der Waals surface area contributed by atoms with E-state index < -0.39 is 10.0 Å². The fraction of sp³-hybridized carbons (Fsp3) is 0.316. The Balaban J connectivity index is 1.69. The van der Waals surface area contributed by atoms with Gasteiger partial charge in [0, 0.05) is 23.8 Å². The highest BCUT2D eigenvalue weighted by molar-refractivity contribution is 7.92. The molecule has 1 unspecified atom stereocenters. The summed E-state index contributed by atoms with van der Waals surface area (Å²) in [6, 6.07) is 11.6. The van der Waals surface area contributed by atoms with E-state index in [1.807, 2.05) is 13.8 Å². The zero-order chi connectivity index (χ0) is 18.7. The molecule has 2 aromatic rings. The molecule has 1 atom stereocenters. The van der Waals surface area contributed by atoms with Crippen LogP contribution in [0.25, 0.3) is 0 Å². The van der Waals surface area contributed by atoms with Crippen LogP contribution in [0.5, 0.6) is 0 Å². The summed E-state index contributed by atoms with van der Waals surface area (Å²) in [5.74, 6) is -0.151. The number of carbonyl (C=O) groups excluding carboxylic acids is 1. The number of rotatable bonds is 5. The van der Waals surface area contributed by atoms with E-state index in [0.717, 1.165) is 30.6 Å². The SMILES string of the molecule is Cc1ccc(S(=O)(=O)Nc2ccc(C(=O)NC3CCNC3)cc2)cc1C. The van der Waals surface area contributed by atoms with E-state index in [1.165, 1.54) is 0 Å². The molecule has 2 aromatic carbocycles. The lowest BCUT2D eigenvalue weighted by Gasteiger charge is -2.12. The van der Waals surface area contributed by atoms with Gasteiger partial charge in [-0.2, -0.15) is 0 Å². The summed E-state index contributed by atoms with van der Waals surface area (Å²) in [7, 11) is -3.66. The largest absolute Gasteiger partial charge is 0.348 e. The Morgan fingerprint density at radius 1 is 1.08 bits per heavy atom. The summed E-state index contributed by atoms with van der Waals surface area (Å²) < 4.78 is 27.6. The number of hydrogen-bond donors (Lipinski definition) is 3. The van der Waals surface area contributed by atoms with E-state index in [-0.39, 0.29) is 16.8 Å². The summed E-state index contributed by atoms with van der Waals surface area (Å²) in [6.07, 6.45) is 0.916. The number of nitrogens with one attached hydrogen (secondary N) is 3. The van der Waals surface area contributed by atoms with Gasteiger partial charge in [0.05, 0.1) is 4.90 Å². The van der Waals surface area contributed by atoms with Gasteiger partial charge in [0.1, 0.15) is 0 Å². The summed E-state index contributed by atoms with van der Waals surface area (Å²) >= 11 is 0. The van der Waals surface area contributed by atoms with Crippen molar-refractivity contribution in [1.82, 2.24) is 10.6 Å². The molecule has 0 spiro atoms. The zero-order valence-electron chi connectivity index (χ0n) is 14.9. The van der Waals surface area contributed by atoms with Crippen molar-refractivity contribution >= 4 is 21.6 Å². The maximum atomic E-state index is 12.5. The first kappa shape index (κ1) is 18.4. The van der Waals surface area contributed by atoms with E-state index in [1.54, 1.807) is 42.5 Å². The molecule has 138 valence electrons. The predicted octanol–water partition coefficient (Wildman–Crippen LogP) is 2.20. The molecule has 0 saturated carbocycles. The Morgan fingerprint density at radius 3 is 2.42 bits per heavy atom. The number of aryl methyl sites for hydroxylation is 2. The summed E-state index contributed by atoms with van der Waals surface area (Å²) in [6.45, 7) is 5.50.